The number of alkyl halides is 7. The molecule has 1 aromatic carbocycles. The van der Waals surface area contributed by atoms with Gasteiger partial charge in [-0.15, -0.1) is 6.58 Å². The van der Waals surface area contributed by atoms with Gasteiger partial charge < -0.3 is 15.3 Å². The molecule has 40 heavy (non-hydrogen) atoms. The van der Waals surface area contributed by atoms with Crippen LogP contribution in [0.5, 0.6) is 5.75 Å². The highest BCUT2D eigenvalue weighted by molar-refractivity contribution is 5.43. The molecule has 3 aliphatic carbocycles. The number of halogens is 7. The summed E-state index contributed by atoms with van der Waals surface area (Å²) in [6.45, 7) is 6.40. The fourth-order valence-electron chi connectivity index (χ4n) is 8.37. The van der Waals surface area contributed by atoms with Crippen molar-refractivity contribution in [3.63, 3.8) is 0 Å². The standard InChI is InChI=1S/C30H39F7O3/c1-3-27-15-14-18-16-20(38)10-11-21(18)25(27)19(17-26(2)22(27)12-13-23(26)39)8-6-4-5-7-9-24(40)28(31,32)29(33,34)30(35,36)37/h3,10-11,16,19,22-25,38-40H,1,4-9,12-15,17H2,2H3/t19-,22+,23-,24?,25+,26-,27?/m0/s1. The van der Waals surface area contributed by atoms with Crippen LogP contribution in [0.2, 0.25) is 0 Å². The number of fused-ring (bicyclic) bond motifs is 5. The van der Waals surface area contributed by atoms with Crippen molar-refractivity contribution in [3.05, 3.63) is 42.0 Å². The first kappa shape index (κ1) is 31.1. The highest BCUT2D eigenvalue weighted by Crippen LogP contribution is 2.69. The lowest BCUT2D eigenvalue weighted by Crippen LogP contribution is -2.57. The minimum absolute atomic E-state index is 0.115. The third-order valence-corrected chi connectivity index (χ3v) is 10.4. The van der Waals surface area contributed by atoms with Gasteiger partial charge in [0.25, 0.3) is 0 Å². The molecule has 3 aliphatic rings. The van der Waals surface area contributed by atoms with Crippen molar-refractivity contribution >= 4 is 0 Å². The number of aliphatic hydroxyl groups excluding tert-OH is 2. The summed E-state index contributed by atoms with van der Waals surface area (Å²) in [4.78, 5) is 0. The molecule has 0 aliphatic heterocycles. The molecule has 2 saturated carbocycles. The number of unbranched alkanes of at least 4 members (excludes halogenated alkanes) is 3. The zero-order valence-corrected chi connectivity index (χ0v) is 22.7. The van der Waals surface area contributed by atoms with Crippen LogP contribution in [0.15, 0.2) is 30.9 Å². The molecule has 2 fully saturated rings. The van der Waals surface area contributed by atoms with Crippen LogP contribution < -0.4 is 0 Å². The highest BCUT2D eigenvalue weighted by Gasteiger charge is 2.75. The van der Waals surface area contributed by atoms with E-state index in [0.29, 0.717) is 19.3 Å². The second-order valence-electron chi connectivity index (χ2n) is 12.5. The van der Waals surface area contributed by atoms with Gasteiger partial charge in [-0.2, -0.15) is 30.7 Å². The molecule has 7 atom stereocenters. The first-order valence-electron chi connectivity index (χ1n) is 14.2. The van der Waals surface area contributed by atoms with Crippen LogP contribution in [0.1, 0.15) is 88.2 Å². The molecular formula is C30H39F7O3. The van der Waals surface area contributed by atoms with E-state index in [1.807, 2.05) is 6.07 Å². The molecule has 0 spiro atoms. The Morgan fingerprint density at radius 1 is 1.05 bits per heavy atom. The second-order valence-corrected chi connectivity index (χ2v) is 12.5. The van der Waals surface area contributed by atoms with Gasteiger partial charge in [-0.25, -0.2) is 0 Å². The van der Waals surface area contributed by atoms with Crippen LogP contribution in [0.4, 0.5) is 30.7 Å². The number of rotatable bonds is 10. The number of aryl methyl sites for hydroxylation is 1. The molecule has 0 saturated heterocycles. The maximum absolute atomic E-state index is 13.7. The zero-order chi connectivity index (χ0) is 29.7. The first-order chi connectivity index (χ1) is 18.5. The minimum atomic E-state index is -6.46. The minimum Gasteiger partial charge on any atom is -0.508 e. The van der Waals surface area contributed by atoms with E-state index in [4.69, 9.17) is 0 Å². The van der Waals surface area contributed by atoms with Crippen molar-refractivity contribution in [2.24, 2.45) is 22.7 Å². The number of hydrogen-bond acceptors (Lipinski definition) is 3. The molecule has 0 heterocycles. The second kappa shape index (κ2) is 10.8. The number of phenolic OH excluding ortho intramolecular Hbond substituents is 1. The van der Waals surface area contributed by atoms with Gasteiger partial charge in [0.2, 0.25) is 0 Å². The normalized spacial score (nSPS) is 33.1. The van der Waals surface area contributed by atoms with Crippen molar-refractivity contribution in [3.8, 4) is 5.75 Å². The molecular weight excluding hydrogens is 541 g/mol. The monoisotopic (exact) mass is 580 g/mol. The van der Waals surface area contributed by atoms with E-state index in [1.165, 1.54) is 5.56 Å². The molecule has 226 valence electrons. The number of aliphatic hydroxyl groups is 2. The van der Waals surface area contributed by atoms with Gasteiger partial charge in [-0.3, -0.25) is 0 Å². The van der Waals surface area contributed by atoms with Crippen LogP contribution in [0.3, 0.4) is 0 Å². The molecule has 4 rings (SSSR count). The first-order valence-corrected chi connectivity index (χ1v) is 14.2. The molecule has 3 nitrogen and oxygen atoms in total. The summed E-state index contributed by atoms with van der Waals surface area (Å²) in [7, 11) is 0. The van der Waals surface area contributed by atoms with E-state index in [0.717, 1.165) is 44.1 Å². The summed E-state index contributed by atoms with van der Waals surface area (Å²) in [5.41, 5.74) is 1.76. The third kappa shape index (κ3) is 4.95. The Bertz CT molecular complexity index is 1070. The largest absolute Gasteiger partial charge is 0.508 e. The molecule has 0 bridgehead atoms. The lowest BCUT2D eigenvalue weighted by atomic mass is 9.44. The summed E-state index contributed by atoms with van der Waals surface area (Å²) in [5.74, 6) is -11.2. The molecule has 3 N–H and O–H groups in total. The predicted octanol–water partition coefficient (Wildman–Crippen LogP) is 7.93. The van der Waals surface area contributed by atoms with Crippen molar-refractivity contribution in [1.29, 1.82) is 0 Å². The van der Waals surface area contributed by atoms with Crippen molar-refractivity contribution < 1.29 is 46.1 Å². The quantitative estimate of drug-likeness (QED) is 0.150. The lowest BCUT2D eigenvalue weighted by Gasteiger charge is -2.60. The van der Waals surface area contributed by atoms with Gasteiger partial charge >= 0.3 is 18.0 Å². The van der Waals surface area contributed by atoms with Gasteiger partial charge in [0.15, 0.2) is 0 Å². The van der Waals surface area contributed by atoms with E-state index in [9.17, 15) is 46.1 Å². The maximum atomic E-state index is 13.7. The third-order valence-electron chi connectivity index (χ3n) is 10.4. The number of aromatic hydroxyl groups is 1. The summed E-state index contributed by atoms with van der Waals surface area (Å²) < 4.78 is 91.0. The van der Waals surface area contributed by atoms with Crippen LogP contribution in [0, 0.1) is 22.7 Å². The lowest BCUT2D eigenvalue weighted by molar-refractivity contribution is -0.371. The molecule has 1 aromatic rings. The van der Waals surface area contributed by atoms with Crippen molar-refractivity contribution in [1.82, 2.24) is 0 Å². The van der Waals surface area contributed by atoms with E-state index in [2.05, 4.69) is 19.6 Å². The van der Waals surface area contributed by atoms with Gasteiger partial charge in [0.05, 0.1) is 6.10 Å². The van der Waals surface area contributed by atoms with E-state index < -0.39 is 36.7 Å². The predicted molar refractivity (Wildman–Crippen MR) is 136 cm³/mol. The molecule has 0 amide bonds. The van der Waals surface area contributed by atoms with Gasteiger partial charge in [-0.05, 0) is 96.8 Å². The number of benzene rings is 1. The average Bonchev–Trinajstić information content (AvgIpc) is 3.18. The molecule has 0 aromatic heterocycles. The Labute approximate surface area is 230 Å². The SMILES string of the molecule is C=CC12CCc3cc(O)ccc3[C@H]1[C@@H](CCCCCCC(O)C(F)(F)C(F)(F)C(F)(F)F)C[C@]1(C)[C@@H](O)CC[C@@H]21. The van der Waals surface area contributed by atoms with Gasteiger partial charge in [-0.1, -0.05) is 44.7 Å². The Hall–Kier alpha value is -1.81. The van der Waals surface area contributed by atoms with Crippen LogP contribution in [-0.4, -0.2) is 45.5 Å². The number of hydrogen-bond donors (Lipinski definition) is 3. The van der Waals surface area contributed by atoms with Crippen molar-refractivity contribution in [2.45, 2.75) is 114 Å². The topological polar surface area (TPSA) is 60.7 Å². The fraction of sp³-hybridized carbons (Fsp3) is 0.733. The highest BCUT2D eigenvalue weighted by atomic mass is 19.4. The van der Waals surface area contributed by atoms with Crippen LogP contribution in [0.25, 0.3) is 0 Å². The molecule has 2 unspecified atom stereocenters. The fourth-order valence-corrected chi connectivity index (χ4v) is 8.37. The van der Waals surface area contributed by atoms with Crippen LogP contribution >= 0.6 is 0 Å². The summed E-state index contributed by atoms with van der Waals surface area (Å²) in [6.07, 6.45) is -2.61. The Morgan fingerprint density at radius 2 is 1.73 bits per heavy atom. The van der Waals surface area contributed by atoms with Crippen molar-refractivity contribution in [2.75, 3.05) is 0 Å². The number of allylic oxidation sites excluding steroid dienone is 1. The summed E-state index contributed by atoms with van der Waals surface area (Å²) in [6, 6.07) is 5.47. The summed E-state index contributed by atoms with van der Waals surface area (Å²) >= 11 is 0. The Morgan fingerprint density at radius 3 is 2.38 bits per heavy atom. The average molecular weight is 581 g/mol. The Kier molecular flexibility index (Phi) is 8.40. The number of phenols is 1. The molecule has 10 heteroatoms. The Balaban J connectivity index is 1.43. The van der Waals surface area contributed by atoms with E-state index >= 15 is 0 Å². The van der Waals surface area contributed by atoms with Crippen LogP contribution in [-0.2, 0) is 6.42 Å². The van der Waals surface area contributed by atoms with Gasteiger partial charge in [0, 0.05) is 0 Å². The smallest absolute Gasteiger partial charge is 0.459 e. The zero-order valence-electron chi connectivity index (χ0n) is 22.7. The molecule has 0 radical (unpaired) electrons. The summed E-state index contributed by atoms with van der Waals surface area (Å²) in [5, 5.41) is 30.6. The maximum Gasteiger partial charge on any atom is 0.459 e. The van der Waals surface area contributed by atoms with E-state index in [1.54, 1.807) is 12.1 Å². The van der Waals surface area contributed by atoms with Gasteiger partial charge in [0.1, 0.15) is 11.9 Å². The van der Waals surface area contributed by atoms with E-state index in [-0.39, 0.29) is 40.8 Å².